The maximum absolute atomic E-state index is 11.9. The van der Waals surface area contributed by atoms with Crippen LogP contribution in [0.5, 0.6) is 0 Å². The maximum atomic E-state index is 11.9. The molecule has 0 saturated heterocycles. The number of carbonyl (C=O) groups is 2. The van der Waals surface area contributed by atoms with Crippen LogP contribution >= 0.6 is 0 Å². The first kappa shape index (κ1) is 15.5. The lowest BCUT2D eigenvalue weighted by Gasteiger charge is -2.23. The van der Waals surface area contributed by atoms with Gasteiger partial charge in [0.1, 0.15) is 5.60 Å². The van der Waals surface area contributed by atoms with Crippen LogP contribution in [0.2, 0.25) is 0 Å². The zero-order chi connectivity index (χ0) is 15.6. The Morgan fingerprint density at radius 3 is 2.71 bits per heavy atom. The van der Waals surface area contributed by atoms with Crippen LogP contribution in [0.15, 0.2) is 18.3 Å². The summed E-state index contributed by atoms with van der Waals surface area (Å²) in [7, 11) is 0. The fraction of sp³-hybridized carbons (Fsp3) is 0.562. The van der Waals surface area contributed by atoms with E-state index in [2.05, 4.69) is 4.98 Å². The minimum absolute atomic E-state index is 0.0920. The van der Waals surface area contributed by atoms with Crippen LogP contribution in [0.4, 0.5) is 0 Å². The minimum Gasteiger partial charge on any atom is -0.481 e. The minimum atomic E-state index is -0.946. The average molecular weight is 291 g/mol. The summed E-state index contributed by atoms with van der Waals surface area (Å²) in [6, 6.07) is 3.82. The lowest BCUT2D eigenvalue weighted by molar-refractivity contribution is -0.161. The number of fused-ring (bicyclic) bond motifs is 1. The molecule has 0 fully saturated rings. The van der Waals surface area contributed by atoms with E-state index in [9.17, 15) is 14.7 Å². The van der Waals surface area contributed by atoms with Gasteiger partial charge in [-0.1, -0.05) is 6.07 Å². The third-order valence-electron chi connectivity index (χ3n) is 3.61. The molecule has 2 rings (SSSR count). The smallest absolute Gasteiger partial charge is 0.307 e. The fourth-order valence-corrected chi connectivity index (χ4v) is 2.75. The van der Waals surface area contributed by atoms with E-state index in [0.29, 0.717) is 12.8 Å². The predicted octanol–water partition coefficient (Wildman–Crippen LogP) is 2.23. The molecule has 0 aromatic carbocycles. The zero-order valence-electron chi connectivity index (χ0n) is 12.6. The largest absolute Gasteiger partial charge is 0.481 e. The van der Waals surface area contributed by atoms with Crippen molar-refractivity contribution in [2.45, 2.75) is 45.6 Å². The number of ether oxygens (including phenoxy) is 1. The molecule has 5 heteroatoms. The molecular formula is C16H21NO4. The number of hydrogen-bond donors (Lipinski definition) is 1. The van der Waals surface area contributed by atoms with Crippen LogP contribution in [-0.4, -0.2) is 27.6 Å². The molecule has 0 saturated carbocycles. The second-order valence-electron chi connectivity index (χ2n) is 6.51. The summed E-state index contributed by atoms with van der Waals surface area (Å²) in [4.78, 5) is 27.7. The first-order valence-corrected chi connectivity index (χ1v) is 7.13. The van der Waals surface area contributed by atoms with Gasteiger partial charge >= 0.3 is 11.9 Å². The van der Waals surface area contributed by atoms with Gasteiger partial charge in [-0.3, -0.25) is 14.6 Å². The van der Waals surface area contributed by atoms with E-state index < -0.39 is 23.5 Å². The molecule has 5 nitrogen and oxygen atoms in total. The molecule has 2 atom stereocenters. The van der Waals surface area contributed by atoms with E-state index in [1.54, 1.807) is 27.0 Å². The molecule has 114 valence electrons. The van der Waals surface area contributed by atoms with Gasteiger partial charge in [-0.05, 0) is 51.2 Å². The number of carboxylic acid groups (broad SMARTS) is 1. The lowest BCUT2D eigenvalue weighted by Crippen LogP contribution is -2.31. The van der Waals surface area contributed by atoms with Gasteiger partial charge in [0, 0.05) is 11.9 Å². The first-order valence-electron chi connectivity index (χ1n) is 7.13. The van der Waals surface area contributed by atoms with Crippen LogP contribution in [-0.2, 0) is 27.2 Å². The number of rotatable bonds is 4. The third kappa shape index (κ3) is 4.03. The van der Waals surface area contributed by atoms with E-state index in [-0.39, 0.29) is 12.3 Å². The van der Waals surface area contributed by atoms with Crippen LogP contribution in [0.1, 0.15) is 38.4 Å². The molecule has 0 spiro atoms. The number of hydrogen-bond acceptors (Lipinski definition) is 4. The number of aromatic nitrogens is 1. The van der Waals surface area contributed by atoms with E-state index >= 15 is 0 Å². The Kier molecular flexibility index (Phi) is 4.30. The first-order chi connectivity index (χ1) is 9.76. The summed E-state index contributed by atoms with van der Waals surface area (Å²) in [6.07, 6.45) is 2.88. The Bertz CT molecular complexity index is 522. The van der Waals surface area contributed by atoms with E-state index in [1.807, 2.05) is 12.1 Å². The Balaban J connectivity index is 2.05. The normalized spacial score (nSPS) is 18.9. The SMILES string of the molecule is CC(C)(C)OC(=O)C[C@H](C(=O)O)[C@@H]1Cc2cccnc2C1. The summed E-state index contributed by atoms with van der Waals surface area (Å²) in [5.74, 6) is -2.23. The van der Waals surface area contributed by atoms with Crippen molar-refractivity contribution < 1.29 is 19.4 Å². The number of nitrogens with zero attached hydrogens (tertiary/aromatic N) is 1. The lowest BCUT2D eigenvalue weighted by atomic mass is 9.87. The van der Waals surface area contributed by atoms with Gasteiger partial charge in [-0.25, -0.2) is 0 Å². The van der Waals surface area contributed by atoms with Crippen molar-refractivity contribution in [2.24, 2.45) is 11.8 Å². The van der Waals surface area contributed by atoms with Crippen molar-refractivity contribution in [3.63, 3.8) is 0 Å². The molecule has 1 heterocycles. The third-order valence-corrected chi connectivity index (χ3v) is 3.61. The van der Waals surface area contributed by atoms with Gasteiger partial charge in [0.05, 0.1) is 12.3 Å². The van der Waals surface area contributed by atoms with E-state index in [0.717, 1.165) is 11.3 Å². The topological polar surface area (TPSA) is 76.5 Å². The van der Waals surface area contributed by atoms with Gasteiger partial charge in [-0.15, -0.1) is 0 Å². The van der Waals surface area contributed by atoms with Gasteiger partial charge in [0.2, 0.25) is 0 Å². The van der Waals surface area contributed by atoms with Crippen molar-refractivity contribution in [1.29, 1.82) is 0 Å². The molecular weight excluding hydrogens is 270 g/mol. The highest BCUT2D eigenvalue weighted by Gasteiger charge is 2.36. The van der Waals surface area contributed by atoms with Crippen LogP contribution in [0.3, 0.4) is 0 Å². The second-order valence-corrected chi connectivity index (χ2v) is 6.51. The summed E-state index contributed by atoms with van der Waals surface area (Å²) in [6.45, 7) is 5.32. The molecule has 0 aliphatic heterocycles. The molecule has 1 aromatic rings. The fourth-order valence-electron chi connectivity index (χ4n) is 2.75. The summed E-state index contributed by atoms with van der Waals surface area (Å²) < 4.78 is 5.24. The highest BCUT2D eigenvalue weighted by Crippen LogP contribution is 2.32. The van der Waals surface area contributed by atoms with Gasteiger partial charge in [0.25, 0.3) is 0 Å². The van der Waals surface area contributed by atoms with E-state index in [1.165, 1.54) is 0 Å². The van der Waals surface area contributed by atoms with Gasteiger partial charge in [-0.2, -0.15) is 0 Å². The second kappa shape index (κ2) is 5.84. The summed E-state index contributed by atoms with van der Waals surface area (Å²) >= 11 is 0. The molecule has 1 N–H and O–H groups in total. The molecule has 1 aromatic heterocycles. The molecule has 0 amide bonds. The van der Waals surface area contributed by atoms with Crippen molar-refractivity contribution in [1.82, 2.24) is 4.98 Å². The Morgan fingerprint density at radius 2 is 2.14 bits per heavy atom. The quantitative estimate of drug-likeness (QED) is 0.861. The average Bonchev–Trinajstić information content (AvgIpc) is 2.76. The van der Waals surface area contributed by atoms with Crippen LogP contribution < -0.4 is 0 Å². The Labute approximate surface area is 124 Å². The van der Waals surface area contributed by atoms with Crippen molar-refractivity contribution >= 4 is 11.9 Å². The molecule has 1 aliphatic carbocycles. The monoisotopic (exact) mass is 291 g/mol. The van der Waals surface area contributed by atoms with Crippen molar-refractivity contribution in [3.05, 3.63) is 29.6 Å². The van der Waals surface area contributed by atoms with Gasteiger partial charge in [0.15, 0.2) is 0 Å². The highest BCUT2D eigenvalue weighted by atomic mass is 16.6. The van der Waals surface area contributed by atoms with Crippen LogP contribution in [0.25, 0.3) is 0 Å². The number of aliphatic carboxylic acids is 1. The number of carboxylic acids is 1. The van der Waals surface area contributed by atoms with Crippen molar-refractivity contribution in [2.75, 3.05) is 0 Å². The molecule has 0 radical (unpaired) electrons. The number of pyridine rings is 1. The van der Waals surface area contributed by atoms with Gasteiger partial charge < -0.3 is 9.84 Å². The molecule has 0 unspecified atom stereocenters. The molecule has 0 bridgehead atoms. The highest BCUT2D eigenvalue weighted by molar-refractivity contribution is 5.79. The number of carbonyl (C=O) groups excluding carboxylic acids is 1. The molecule has 1 aliphatic rings. The zero-order valence-corrected chi connectivity index (χ0v) is 12.6. The Morgan fingerprint density at radius 1 is 1.43 bits per heavy atom. The summed E-state index contributed by atoms with van der Waals surface area (Å²) in [5.41, 5.74) is 1.43. The maximum Gasteiger partial charge on any atom is 0.307 e. The molecule has 21 heavy (non-hydrogen) atoms. The van der Waals surface area contributed by atoms with Crippen LogP contribution in [0, 0.1) is 11.8 Å². The Hall–Kier alpha value is -1.91. The summed E-state index contributed by atoms with van der Waals surface area (Å²) in [5, 5.41) is 9.43. The predicted molar refractivity (Wildman–Crippen MR) is 76.7 cm³/mol. The number of esters is 1. The van der Waals surface area contributed by atoms with Crippen molar-refractivity contribution in [3.8, 4) is 0 Å². The standard InChI is InChI=1S/C16H21NO4/c1-16(2,3)21-14(18)9-12(15(19)20)11-7-10-5-4-6-17-13(10)8-11/h4-6,11-12H,7-9H2,1-3H3,(H,19,20)/t11-,12+/m1/s1. The van der Waals surface area contributed by atoms with E-state index in [4.69, 9.17) is 4.74 Å².